The van der Waals surface area contributed by atoms with Crippen LogP contribution >= 0.6 is 0 Å². The molecule has 2 rings (SSSR count). The van der Waals surface area contributed by atoms with Crippen molar-refractivity contribution in [2.75, 3.05) is 30.0 Å². The predicted octanol–water partition coefficient (Wildman–Crippen LogP) is 2.55. The predicted molar refractivity (Wildman–Crippen MR) is 122 cm³/mol. The Bertz CT molecular complexity index is 935. The van der Waals surface area contributed by atoms with Gasteiger partial charge in [0.05, 0.1) is 25.5 Å². The molecule has 10 heteroatoms. The maximum Gasteiger partial charge on any atom is 0.241 e. The highest BCUT2D eigenvalue weighted by Gasteiger charge is 2.17. The average Bonchev–Trinajstić information content (AvgIpc) is 2.66. The van der Waals surface area contributed by atoms with Gasteiger partial charge in [-0.2, -0.15) is 15.0 Å². The molecule has 0 aliphatic heterocycles. The lowest BCUT2D eigenvalue weighted by molar-refractivity contribution is 0.185. The molecule has 1 heterocycles. The number of methoxy groups -OCH3 is 1. The molecule has 0 saturated heterocycles. The van der Waals surface area contributed by atoms with Crippen molar-refractivity contribution in [3.63, 3.8) is 0 Å². The normalized spacial score (nSPS) is 13.8. The van der Waals surface area contributed by atoms with Crippen molar-refractivity contribution >= 4 is 21.9 Å². The molecule has 0 aliphatic rings. The van der Waals surface area contributed by atoms with Gasteiger partial charge in [0.2, 0.25) is 21.9 Å². The zero-order valence-corrected chi connectivity index (χ0v) is 19.6. The Morgan fingerprint density at radius 2 is 1.71 bits per heavy atom. The molecule has 2 aromatic rings. The fourth-order valence-electron chi connectivity index (χ4n) is 3.22. The van der Waals surface area contributed by atoms with Crippen LogP contribution in [0.3, 0.4) is 0 Å². The van der Waals surface area contributed by atoms with Gasteiger partial charge in [-0.15, -0.1) is 0 Å². The van der Waals surface area contributed by atoms with Crippen LogP contribution < -0.4 is 10.0 Å². The van der Waals surface area contributed by atoms with Gasteiger partial charge in [0, 0.05) is 13.5 Å². The minimum Gasteiger partial charge on any atom is -0.394 e. The Balaban J connectivity index is 2.26. The van der Waals surface area contributed by atoms with Crippen LogP contribution in [0.25, 0.3) is 0 Å². The molecule has 3 N–H and O–H groups in total. The SMILES string of the molecule is COCc1ccc(C(C)Cc2nc(NC(CO)CC(C)C)nc(NS(C)(=O)=O)n2)cc1. The van der Waals surface area contributed by atoms with E-state index in [0.717, 1.165) is 23.8 Å². The molecule has 2 atom stereocenters. The van der Waals surface area contributed by atoms with Crippen molar-refractivity contribution in [3.05, 3.63) is 41.2 Å². The lowest BCUT2D eigenvalue weighted by atomic mass is 9.96. The number of nitrogens with one attached hydrogen (secondary N) is 2. The molecule has 0 fully saturated rings. The van der Waals surface area contributed by atoms with Gasteiger partial charge in [-0.25, -0.2) is 8.42 Å². The fraction of sp³-hybridized carbons (Fsp3) is 0.571. The Morgan fingerprint density at radius 1 is 1.06 bits per heavy atom. The highest BCUT2D eigenvalue weighted by Crippen LogP contribution is 2.21. The molecule has 1 aromatic heterocycles. The monoisotopic (exact) mass is 451 g/mol. The third kappa shape index (κ3) is 8.76. The zero-order chi connectivity index (χ0) is 23.0. The van der Waals surface area contributed by atoms with Crippen LogP contribution in [0.2, 0.25) is 0 Å². The number of ether oxygens (including phenoxy) is 1. The number of hydrogen-bond acceptors (Lipinski definition) is 8. The van der Waals surface area contributed by atoms with E-state index in [0.29, 0.717) is 24.8 Å². The summed E-state index contributed by atoms with van der Waals surface area (Å²) < 4.78 is 30.9. The molecule has 0 aliphatic carbocycles. The van der Waals surface area contributed by atoms with Crippen LogP contribution in [0, 0.1) is 5.92 Å². The van der Waals surface area contributed by atoms with Gasteiger partial charge >= 0.3 is 0 Å². The van der Waals surface area contributed by atoms with Crippen LogP contribution in [-0.4, -0.2) is 54.5 Å². The Hall–Kier alpha value is -2.30. The standard InChI is InChI=1S/C21H33N5O4S/c1-14(2)10-18(12-27)22-20-23-19(24-21(25-20)26-31(5,28)29)11-15(3)17-8-6-16(7-9-17)13-30-4/h6-9,14-15,18,27H,10-13H2,1-5H3,(H2,22,23,24,25,26). The molecule has 1 aromatic carbocycles. The summed E-state index contributed by atoms with van der Waals surface area (Å²) >= 11 is 0. The van der Waals surface area contributed by atoms with Gasteiger partial charge < -0.3 is 15.2 Å². The number of benzene rings is 1. The quantitative estimate of drug-likeness (QED) is 0.449. The second-order valence-electron chi connectivity index (χ2n) is 8.21. The Labute approximate surface area is 184 Å². The summed E-state index contributed by atoms with van der Waals surface area (Å²) in [5.74, 6) is 1.11. The van der Waals surface area contributed by atoms with E-state index in [9.17, 15) is 13.5 Å². The van der Waals surface area contributed by atoms with Crippen LogP contribution in [-0.2, 0) is 27.8 Å². The van der Waals surface area contributed by atoms with E-state index in [2.05, 4.69) is 45.8 Å². The summed E-state index contributed by atoms with van der Waals surface area (Å²) in [6, 6.07) is 7.87. The van der Waals surface area contributed by atoms with Crippen molar-refractivity contribution in [3.8, 4) is 0 Å². The Morgan fingerprint density at radius 3 is 2.26 bits per heavy atom. The number of aliphatic hydroxyl groups excluding tert-OH is 1. The number of aromatic nitrogens is 3. The molecule has 2 unspecified atom stereocenters. The van der Waals surface area contributed by atoms with E-state index >= 15 is 0 Å². The van der Waals surface area contributed by atoms with Crippen LogP contribution in [0.5, 0.6) is 0 Å². The highest BCUT2D eigenvalue weighted by molar-refractivity contribution is 7.91. The van der Waals surface area contributed by atoms with E-state index < -0.39 is 10.0 Å². The second kappa shape index (κ2) is 11.4. The molecule has 31 heavy (non-hydrogen) atoms. The Kier molecular flexibility index (Phi) is 9.15. The smallest absolute Gasteiger partial charge is 0.241 e. The van der Waals surface area contributed by atoms with Gasteiger partial charge in [0.15, 0.2) is 0 Å². The van der Waals surface area contributed by atoms with Crippen LogP contribution in [0.4, 0.5) is 11.9 Å². The third-order valence-corrected chi connectivity index (χ3v) is 5.17. The van der Waals surface area contributed by atoms with Gasteiger partial charge in [-0.1, -0.05) is 45.0 Å². The molecule has 0 radical (unpaired) electrons. The highest BCUT2D eigenvalue weighted by atomic mass is 32.2. The summed E-state index contributed by atoms with van der Waals surface area (Å²) in [6.07, 6.45) is 2.26. The molecule has 9 nitrogen and oxygen atoms in total. The first-order valence-corrected chi connectivity index (χ1v) is 12.2. The van der Waals surface area contributed by atoms with Crippen molar-refractivity contribution in [1.29, 1.82) is 0 Å². The van der Waals surface area contributed by atoms with Gasteiger partial charge in [0.1, 0.15) is 5.82 Å². The maximum absolute atomic E-state index is 11.7. The molecular formula is C21H33N5O4S. The minimum atomic E-state index is -3.55. The first-order valence-electron chi connectivity index (χ1n) is 10.3. The number of rotatable bonds is 12. The topological polar surface area (TPSA) is 126 Å². The lowest BCUT2D eigenvalue weighted by Crippen LogP contribution is -2.27. The lowest BCUT2D eigenvalue weighted by Gasteiger charge is -2.19. The number of nitrogens with zero attached hydrogens (tertiary/aromatic N) is 3. The van der Waals surface area contributed by atoms with E-state index in [1.807, 2.05) is 24.3 Å². The zero-order valence-electron chi connectivity index (χ0n) is 18.8. The van der Waals surface area contributed by atoms with Gasteiger partial charge in [-0.3, -0.25) is 4.72 Å². The fourth-order valence-corrected chi connectivity index (χ4v) is 3.64. The number of anilines is 2. The van der Waals surface area contributed by atoms with E-state index in [4.69, 9.17) is 4.74 Å². The van der Waals surface area contributed by atoms with Crippen LogP contribution in [0.15, 0.2) is 24.3 Å². The average molecular weight is 452 g/mol. The first-order chi connectivity index (χ1) is 14.6. The number of sulfonamides is 1. The summed E-state index contributed by atoms with van der Waals surface area (Å²) in [7, 11) is -1.89. The van der Waals surface area contributed by atoms with E-state index in [-0.39, 0.29) is 30.5 Å². The van der Waals surface area contributed by atoms with Crippen molar-refractivity contribution < 1.29 is 18.3 Å². The second-order valence-corrected chi connectivity index (χ2v) is 9.95. The molecular weight excluding hydrogens is 418 g/mol. The van der Waals surface area contributed by atoms with E-state index in [1.54, 1.807) is 7.11 Å². The maximum atomic E-state index is 11.7. The summed E-state index contributed by atoms with van der Waals surface area (Å²) in [4.78, 5) is 12.9. The largest absolute Gasteiger partial charge is 0.394 e. The summed E-state index contributed by atoms with van der Waals surface area (Å²) in [6.45, 7) is 6.64. The van der Waals surface area contributed by atoms with Gasteiger partial charge in [0.25, 0.3) is 0 Å². The van der Waals surface area contributed by atoms with Crippen molar-refractivity contribution in [2.24, 2.45) is 5.92 Å². The molecule has 0 spiro atoms. The van der Waals surface area contributed by atoms with Crippen molar-refractivity contribution in [2.45, 2.75) is 52.2 Å². The first kappa shape index (κ1) is 25.0. The van der Waals surface area contributed by atoms with E-state index in [1.165, 1.54) is 0 Å². The minimum absolute atomic E-state index is 0.0427. The molecule has 172 valence electrons. The van der Waals surface area contributed by atoms with Crippen LogP contribution in [0.1, 0.15) is 50.1 Å². The van der Waals surface area contributed by atoms with Crippen molar-refractivity contribution in [1.82, 2.24) is 15.0 Å². The number of aliphatic hydroxyl groups is 1. The molecule has 0 bridgehead atoms. The number of hydrogen-bond donors (Lipinski definition) is 3. The molecule has 0 amide bonds. The third-order valence-electron chi connectivity index (χ3n) is 4.62. The van der Waals surface area contributed by atoms with Gasteiger partial charge in [-0.05, 0) is 29.4 Å². The summed E-state index contributed by atoms with van der Waals surface area (Å²) in [5, 5.41) is 12.8. The summed E-state index contributed by atoms with van der Waals surface area (Å²) in [5.41, 5.74) is 2.20. The molecule has 0 saturated carbocycles.